The number of ether oxygens (including phenoxy) is 4. The van der Waals surface area contributed by atoms with Crippen LogP contribution in [0.3, 0.4) is 0 Å². The molecule has 0 aromatic heterocycles. The predicted molar refractivity (Wildman–Crippen MR) is 405 cm³/mol. The number of carbonyl (C=O) groups excluding carboxylic acids is 4. The van der Waals surface area contributed by atoms with Gasteiger partial charge in [-0.2, -0.15) is 0 Å². The van der Waals surface area contributed by atoms with Crippen LogP contribution in [0.1, 0.15) is 420 Å². The zero-order valence-corrected chi connectivity index (χ0v) is 66.6. The van der Waals surface area contributed by atoms with Gasteiger partial charge in [-0.3, -0.25) is 37.3 Å². The van der Waals surface area contributed by atoms with E-state index in [1.165, 1.54) is 238 Å². The van der Waals surface area contributed by atoms with Crippen LogP contribution in [0.15, 0.2) is 0 Å². The van der Waals surface area contributed by atoms with Crippen LogP contribution in [0.5, 0.6) is 0 Å². The number of carbonyl (C=O) groups is 4. The van der Waals surface area contributed by atoms with Crippen molar-refractivity contribution in [1.29, 1.82) is 0 Å². The fourth-order valence-electron chi connectivity index (χ4n) is 12.4. The van der Waals surface area contributed by atoms with E-state index < -0.39 is 97.5 Å². The van der Waals surface area contributed by atoms with Crippen molar-refractivity contribution in [3.8, 4) is 0 Å². The minimum Gasteiger partial charge on any atom is -0.462 e. The van der Waals surface area contributed by atoms with E-state index in [0.29, 0.717) is 25.7 Å². The molecule has 588 valence electrons. The van der Waals surface area contributed by atoms with Gasteiger partial charge in [0.05, 0.1) is 26.4 Å². The number of aliphatic hydroxyl groups is 1. The first kappa shape index (κ1) is 97.1. The average molecular weight is 1450 g/mol. The van der Waals surface area contributed by atoms with E-state index in [4.69, 9.17) is 37.0 Å². The van der Waals surface area contributed by atoms with Crippen LogP contribution in [0.4, 0.5) is 0 Å². The summed E-state index contributed by atoms with van der Waals surface area (Å²) in [6.45, 7) is 9.62. The maximum Gasteiger partial charge on any atom is 0.472 e. The molecule has 17 nitrogen and oxygen atoms in total. The van der Waals surface area contributed by atoms with Gasteiger partial charge in [-0.25, -0.2) is 9.13 Å². The van der Waals surface area contributed by atoms with Crippen molar-refractivity contribution < 1.29 is 80.2 Å². The van der Waals surface area contributed by atoms with Crippen molar-refractivity contribution in [2.45, 2.75) is 439 Å². The van der Waals surface area contributed by atoms with E-state index in [1.54, 1.807) is 0 Å². The summed E-state index contributed by atoms with van der Waals surface area (Å²) in [5, 5.41) is 10.6. The van der Waals surface area contributed by atoms with Crippen LogP contribution in [0.2, 0.25) is 0 Å². The number of aliphatic hydroxyl groups excluding tert-OH is 1. The highest BCUT2D eigenvalue weighted by Gasteiger charge is 2.30. The Morgan fingerprint density at radius 2 is 0.465 bits per heavy atom. The summed E-state index contributed by atoms with van der Waals surface area (Å²) in [5.74, 6) is -0.579. The molecule has 0 aromatic carbocycles. The Bertz CT molecular complexity index is 1910. The molecule has 0 saturated carbocycles. The quantitative estimate of drug-likeness (QED) is 0.0222. The Morgan fingerprint density at radius 1 is 0.273 bits per heavy atom. The zero-order valence-electron chi connectivity index (χ0n) is 64.8. The summed E-state index contributed by atoms with van der Waals surface area (Å²) in [6, 6.07) is 0. The van der Waals surface area contributed by atoms with Crippen LogP contribution in [-0.2, 0) is 65.4 Å². The van der Waals surface area contributed by atoms with E-state index in [9.17, 15) is 43.2 Å². The third-order valence-electron chi connectivity index (χ3n) is 18.7. The monoisotopic (exact) mass is 1450 g/mol. The SMILES string of the molecule is CCCCCCCCCCCCCCCCCCCC(=O)OC[C@H](COP(=O)(O)OC[C@@H](O)COP(=O)(O)OC[C@@H](COC(=O)CCCCCCCCCCC(C)C)OC(=O)CCCCCCCCCCCCCCC)OC(=O)CCCCCCCCCCCCCCCCCC(C)C. The van der Waals surface area contributed by atoms with Crippen molar-refractivity contribution in [1.82, 2.24) is 0 Å². The van der Waals surface area contributed by atoms with Crippen LogP contribution in [-0.4, -0.2) is 96.7 Å². The van der Waals surface area contributed by atoms with Gasteiger partial charge >= 0.3 is 39.5 Å². The number of hydrogen-bond acceptors (Lipinski definition) is 15. The molecule has 0 aliphatic rings. The summed E-state index contributed by atoms with van der Waals surface area (Å²) in [4.78, 5) is 73.0. The molecule has 0 amide bonds. The van der Waals surface area contributed by atoms with Gasteiger partial charge in [0.2, 0.25) is 0 Å². The first-order valence-electron chi connectivity index (χ1n) is 41.5. The maximum absolute atomic E-state index is 13.1. The molecule has 0 aliphatic heterocycles. The molecule has 0 spiro atoms. The summed E-state index contributed by atoms with van der Waals surface area (Å²) in [7, 11) is -9.92. The standard InChI is InChI=1S/C80H156O17P2/c1-7-9-11-13-15-17-19-21-22-23-26-30-33-37-44-50-56-62-77(82)90-68-75(96-80(85)65-59-53-47-39-35-31-27-24-25-29-32-36-42-48-54-60-72(3)4)70-94-98(86,87)92-66-74(81)67-93-99(88,89)95-71-76(69-91-78(83)63-57-51-45-41-40-43-49-55-61-73(5)6)97-79(84)64-58-52-46-38-34-28-20-18-16-14-12-10-8-2/h72-76,81H,7-71H2,1-6H3,(H,86,87)(H,88,89)/t74-,75-,76-/m1/s1. The number of phosphoric ester groups is 2. The lowest BCUT2D eigenvalue weighted by Crippen LogP contribution is -2.30. The zero-order chi connectivity index (χ0) is 72.8. The van der Waals surface area contributed by atoms with Crippen molar-refractivity contribution >= 4 is 39.5 Å². The van der Waals surface area contributed by atoms with Crippen molar-refractivity contribution in [3.63, 3.8) is 0 Å². The maximum atomic E-state index is 13.1. The fraction of sp³-hybridized carbons (Fsp3) is 0.950. The second-order valence-electron chi connectivity index (χ2n) is 29.8. The Hall–Kier alpha value is -1.94. The van der Waals surface area contributed by atoms with Crippen molar-refractivity contribution in [2.75, 3.05) is 39.6 Å². The minimum absolute atomic E-state index is 0.107. The van der Waals surface area contributed by atoms with Gasteiger partial charge in [0.1, 0.15) is 19.3 Å². The molecule has 99 heavy (non-hydrogen) atoms. The Labute approximate surface area is 607 Å². The normalized spacial score (nSPS) is 13.9. The molecule has 2 unspecified atom stereocenters. The number of rotatable bonds is 79. The van der Waals surface area contributed by atoms with Gasteiger partial charge in [-0.1, -0.05) is 369 Å². The van der Waals surface area contributed by atoms with Gasteiger partial charge in [0.25, 0.3) is 0 Å². The number of unbranched alkanes of at least 4 members (excludes halogenated alkanes) is 49. The van der Waals surface area contributed by atoms with Crippen molar-refractivity contribution in [3.05, 3.63) is 0 Å². The van der Waals surface area contributed by atoms with Crippen LogP contribution < -0.4 is 0 Å². The van der Waals surface area contributed by atoms with E-state index >= 15 is 0 Å². The third-order valence-corrected chi connectivity index (χ3v) is 20.6. The molecular formula is C80H156O17P2. The van der Waals surface area contributed by atoms with Crippen molar-refractivity contribution in [2.24, 2.45) is 11.8 Å². The van der Waals surface area contributed by atoms with Gasteiger partial charge in [-0.05, 0) is 37.5 Å². The first-order valence-corrected chi connectivity index (χ1v) is 44.5. The molecule has 0 saturated heterocycles. The number of phosphoric acid groups is 2. The molecule has 0 radical (unpaired) electrons. The fourth-order valence-corrected chi connectivity index (χ4v) is 13.9. The summed E-state index contributed by atoms with van der Waals surface area (Å²) in [6.07, 6.45) is 61.0. The van der Waals surface area contributed by atoms with E-state index in [2.05, 4.69) is 41.5 Å². The predicted octanol–water partition coefficient (Wildman–Crippen LogP) is 23.9. The van der Waals surface area contributed by atoms with E-state index in [0.717, 1.165) is 102 Å². The third kappa shape index (κ3) is 74.1. The highest BCUT2D eigenvalue weighted by atomic mass is 31.2. The Kier molecular flexibility index (Phi) is 70.3. The molecule has 0 bridgehead atoms. The molecule has 5 atom stereocenters. The van der Waals surface area contributed by atoms with Gasteiger partial charge < -0.3 is 33.8 Å². The van der Waals surface area contributed by atoms with Gasteiger partial charge in [-0.15, -0.1) is 0 Å². The molecule has 0 fully saturated rings. The van der Waals surface area contributed by atoms with Crippen LogP contribution in [0.25, 0.3) is 0 Å². The molecular weight excluding hydrogens is 1290 g/mol. The van der Waals surface area contributed by atoms with E-state index in [1.807, 2.05) is 0 Å². The molecule has 19 heteroatoms. The second-order valence-corrected chi connectivity index (χ2v) is 32.7. The minimum atomic E-state index is -4.96. The molecule has 3 N–H and O–H groups in total. The lowest BCUT2D eigenvalue weighted by atomic mass is 10.0. The molecule has 0 rings (SSSR count). The lowest BCUT2D eigenvalue weighted by Gasteiger charge is -2.21. The topological polar surface area (TPSA) is 237 Å². The summed E-state index contributed by atoms with van der Waals surface area (Å²) in [5.41, 5.74) is 0. The highest BCUT2D eigenvalue weighted by molar-refractivity contribution is 7.47. The highest BCUT2D eigenvalue weighted by Crippen LogP contribution is 2.45. The van der Waals surface area contributed by atoms with Crippen LogP contribution >= 0.6 is 15.6 Å². The van der Waals surface area contributed by atoms with Gasteiger partial charge in [0.15, 0.2) is 12.2 Å². The Balaban J connectivity index is 5.25. The van der Waals surface area contributed by atoms with Crippen LogP contribution in [0, 0.1) is 11.8 Å². The lowest BCUT2D eigenvalue weighted by molar-refractivity contribution is -0.161. The number of hydrogen-bond donors (Lipinski definition) is 3. The molecule has 0 heterocycles. The van der Waals surface area contributed by atoms with E-state index in [-0.39, 0.29) is 25.7 Å². The smallest absolute Gasteiger partial charge is 0.462 e. The average Bonchev–Trinajstić information content (AvgIpc) is 1.06. The van der Waals surface area contributed by atoms with Gasteiger partial charge in [0, 0.05) is 25.7 Å². The Morgan fingerprint density at radius 3 is 0.687 bits per heavy atom. The largest absolute Gasteiger partial charge is 0.472 e. The summed E-state index contributed by atoms with van der Waals surface area (Å²) < 4.78 is 68.7. The first-order chi connectivity index (χ1) is 47.9. The molecule has 0 aliphatic carbocycles. The number of esters is 4. The summed E-state index contributed by atoms with van der Waals surface area (Å²) >= 11 is 0. The second kappa shape index (κ2) is 71.7. The molecule has 0 aromatic rings.